The molecule has 1 N–H and O–H groups in total. The fraction of sp³-hybridized carbons (Fsp3) is 0.714. The molecule has 0 bridgehead atoms. The first-order chi connectivity index (χ1) is 8.73. The predicted molar refractivity (Wildman–Crippen MR) is 79.8 cm³/mol. The van der Waals surface area contributed by atoms with Crippen LogP contribution in [-0.4, -0.2) is 48.9 Å². The van der Waals surface area contributed by atoms with Crippen LogP contribution in [-0.2, 0) is 0 Å². The zero-order valence-electron chi connectivity index (χ0n) is 12.9. The van der Waals surface area contributed by atoms with Gasteiger partial charge in [0.2, 0.25) is 0 Å². The van der Waals surface area contributed by atoms with Gasteiger partial charge in [0.1, 0.15) is 17.5 Å². The largest absolute Gasteiger partial charge is 0.395 e. The van der Waals surface area contributed by atoms with Crippen molar-refractivity contribution in [3.05, 3.63) is 11.9 Å². The van der Waals surface area contributed by atoms with E-state index >= 15 is 0 Å². The van der Waals surface area contributed by atoms with Gasteiger partial charge < -0.3 is 14.9 Å². The predicted octanol–water partition coefficient (Wildman–Crippen LogP) is 1.70. The van der Waals surface area contributed by atoms with E-state index in [2.05, 4.69) is 35.6 Å². The lowest BCUT2D eigenvalue weighted by Crippen LogP contribution is -2.30. The van der Waals surface area contributed by atoms with Crippen LogP contribution >= 0.6 is 0 Å². The molecule has 0 fully saturated rings. The SMILES string of the molecule is Cc1nc(N(C)CCO)cc(N(C)CC(C)(C)C)n1. The topological polar surface area (TPSA) is 52.5 Å². The summed E-state index contributed by atoms with van der Waals surface area (Å²) in [7, 11) is 3.97. The first kappa shape index (κ1) is 15.7. The lowest BCUT2D eigenvalue weighted by atomic mass is 9.96. The molecule has 108 valence electrons. The van der Waals surface area contributed by atoms with Crippen LogP contribution < -0.4 is 9.80 Å². The fourth-order valence-corrected chi connectivity index (χ4v) is 1.98. The molecule has 0 amide bonds. The van der Waals surface area contributed by atoms with E-state index in [9.17, 15) is 0 Å². The van der Waals surface area contributed by atoms with Gasteiger partial charge in [-0.2, -0.15) is 0 Å². The van der Waals surface area contributed by atoms with Crippen LogP contribution in [0.2, 0.25) is 0 Å². The lowest BCUT2D eigenvalue weighted by Gasteiger charge is -2.28. The molecule has 1 aromatic rings. The standard InChI is InChI=1S/C14H26N4O/c1-11-15-12(17(5)7-8-19)9-13(16-11)18(6)10-14(2,3)4/h9,19H,7-8,10H2,1-6H3. The highest BCUT2D eigenvalue weighted by molar-refractivity contribution is 5.50. The van der Waals surface area contributed by atoms with Gasteiger partial charge in [-0.3, -0.25) is 0 Å². The highest BCUT2D eigenvalue weighted by Gasteiger charge is 2.16. The number of hydrogen-bond donors (Lipinski definition) is 1. The van der Waals surface area contributed by atoms with Gasteiger partial charge in [0.05, 0.1) is 6.61 Å². The molecule has 0 saturated carbocycles. The zero-order valence-corrected chi connectivity index (χ0v) is 12.9. The first-order valence-electron chi connectivity index (χ1n) is 6.62. The van der Waals surface area contributed by atoms with Crippen LogP contribution in [0.15, 0.2) is 6.07 Å². The average Bonchev–Trinajstić information content (AvgIpc) is 2.26. The van der Waals surface area contributed by atoms with Gasteiger partial charge in [-0.25, -0.2) is 9.97 Å². The van der Waals surface area contributed by atoms with Gasteiger partial charge in [0.15, 0.2) is 0 Å². The van der Waals surface area contributed by atoms with Crippen molar-refractivity contribution in [1.82, 2.24) is 9.97 Å². The molecule has 5 nitrogen and oxygen atoms in total. The Morgan fingerprint density at radius 2 is 1.63 bits per heavy atom. The summed E-state index contributed by atoms with van der Waals surface area (Å²) >= 11 is 0. The minimum absolute atomic E-state index is 0.118. The van der Waals surface area contributed by atoms with Crippen molar-refractivity contribution in [2.24, 2.45) is 5.41 Å². The lowest BCUT2D eigenvalue weighted by molar-refractivity contribution is 0.304. The van der Waals surface area contributed by atoms with Crippen LogP contribution in [0.25, 0.3) is 0 Å². The van der Waals surface area contributed by atoms with Gasteiger partial charge in [0, 0.05) is 33.3 Å². The Bertz CT molecular complexity index is 414. The summed E-state index contributed by atoms with van der Waals surface area (Å²) in [5.41, 5.74) is 0.213. The molecular weight excluding hydrogens is 240 g/mol. The van der Waals surface area contributed by atoms with Gasteiger partial charge in [-0.1, -0.05) is 20.8 Å². The number of anilines is 2. The van der Waals surface area contributed by atoms with Gasteiger partial charge >= 0.3 is 0 Å². The molecule has 5 heteroatoms. The highest BCUT2D eigenvalue weighted by atomic mass is 16.3. The van der Waals surface area contributed by atoms with Crippen molar-refractivity contribution in [2.45, 2.75) is 27.7 Å². The second-order valence-electron chi connectivity index (χ2n) is 6.19. The summed E-state index contributed by atoms with van der Waals surface area (Å²) in [6.45, 7) is 10.1. The minimum atomic E-state index is 0.118. The maximum Gasteiger partial charge on any atom is 0.134 e. The third-order valence-electron chi connectivity index (χ3n) is 2.74. The third kappa shape index (κ3) is 5.03. The molecule has 0 atom stereocenters. The molecule has 0 unspecified atom stereocenters. The first-order valence-corrected chi connectivity index (χ1v) is 6.62. The molecule has 0 aliphatic heterocycles. The van der Waals surface area contributed by atoms with Gasteiger partial charge in [0.25, 0.3) is 0 Å². The van der Waals surface area contributed by atoms with Crippen molar-refractivity contribution in [2.75, 3.05) is 43.6 Å². The Hall–Kier alpha value is -1.36. The zero-order chi connectivity index (χ0) is 14.6. The number of nitrogens with zero attached hydrogens (tertiary/aromatic N) is 4. The maximum atomic E-state index is 9.00. The maximum absolute atomic E-state index is 9.00. The number of likely N-dealkylation sites (N-methyl/N-ethyl adjacent to an activating group) is 1. The summed E-state index contributed by atoms with van der Waals surface area (Å²) < 4.78 is 0. The van der Waals surface area contributed by atoms with Crippen molar-refractivity contribution >= 4 is 11.6 Å². The number of aliphatic hydroxyl groups excluding tert-OH is 1. The van der Waals surface area contributed by atoms with Crippen LogP contribution in [0, 0.1) is 12.3 Å². The molecule has 0 aliphatic carbocycles. The number of hydrogen-bond acceptors (Lipinski definition) is 5. The Morgan fingerprint density at radius 1 is 1.11 bits per heavy atom. The Morgan fingerprint density at radius 3 is 2.11 bits per heavy atom. The molecule has 1 heterocycles. The van der Waals surface area contributed by atoms with E-state index in [1.54, 1.807) is 0 Å². The summed E-state index contributed by atoms with van der Waals surface area (Å²) in [5.74, 6) is 2.51. The average molecular weight is 266 g/mol. The van der Waals surface area contributed by atoms with E-state index in [4.69, 9.17) is 5.11 Å². The monoisotopic (exact) mass is 266 g/mol. The number of rotatable bonds is 5. The number of aryl methyl sites for hydroxylation is 1. The Labute approximate surface area is 116 Å². The summed E-state index contributed by atoms with van der Waals surface area (Å²) in [6.07, 6.45) is 0. The van der Waals surface area contributed by atoms with Crippen molar-refractivity contribution in [3.8, 4) is 0 Å². The second kappa shape index (κ2) is 6.19. The molecule has 1 aromatic heterocycles. The molecule has 19 heavy (non-hydrogen) atoms. The van der Waals surface area contributed by atoms with E-state index in [1.165, 1.54) is 0 Å². The summed E-state index contributed by atoms with van der Waals surface area (Å²) in [6, 6.07) is 1.97. The van der Waals surface area contributed by atoms with E-state index in [-0.39, 0.29) is 12.0 Å². The van der Waals surface area contributed by atoms with Crippen molar-refractivity contribution in [1.29, 1.82) is 0 Å². The summed E-state index contributed by atoms with van der Waals surface area (Å²) in [4.78, 5) is 13.0. The quantitative estimate of drug-likeness (QED) is 0.879. The smallest absolute Gasteiger partial charge is 0.134 e. The van der Waals surface area contributed by atoms with Crippen molar-refractivity contribution in [3.63, 3.8) is 0 Å². The van der Waals surface area contributed by atoms with Gasteiger partial charge in [-0.05, 0) is 12.3 Å². The summed E-state index contributed by atoms with van der Waals surface area (Å²) in [5, 5.41) is 9.00. The van der Waals surface area contributed by atoms with Crippen LogP contribution in [0.1, 0.15) is 26.6 Å². The molecule has 0 aromatic carbocycles. The van der Waals surface area contributed by atoms with E-state index in [0.29, 0.717) is 6.54 Å². The van der Waals surface area contributed by atoms with E-state index < -0.39 is 0 Å². The number of aromatic nitrogens is 2. The molecule has 1 rings (SSSR count). The highest BCUT2D eigenvalue weighted by Crippen LogP contribution is 2.21. The normalized spacial score (nSPS) is 11.5. The molecule has 0 saturated heterocycles. The second-order valence-corrected chi connectivity index (χ2v) is 6.19. The fourth-order valence-electron chi connectivity index (χ4n) is 1.98. The Kier molecular flexibility index (Phi) is 5.11. The third-order valence-corrected chi connectivity index (χ3v) is 2.74. The van der Waals surface area contributed by atoms with Crippen LogP contribution in [0.5, 0.6) is 0 Å². The van der Waals surface area contributed by atoms with E-state index in [0.717, 1.165) is 24.0 Å². The van der Waals surface area contributed by atoms with Gasteiger partial charge in [-0.15, -0.1) is 0 Å². The molecule has 0 radical (unpaired) electrons. The molecular formula is C14H26N4O. The number of aliphatic hydroxyl groups is 1. The van der Waals surface area contributed by atoms with Crippen LogP contribution in [0.3, 0.4) is 0 Å². The Balaban J connectivity index is 2.96. The van der Waals surface area contributed by atoms with Crippen molar-refractivity contribution < 1.29 is 5.11 Å². The van der Waals surface area contributed by atoms with Crippen LogP contribution in [0.4, 0.5) is 11.6 Å². The van der Waals surface area contributed by atoms with E-state index in [1.807, 2.05) is 32.0 Å². The molecule has 0 aliphatic rings. The minimum Gasteiger partial charge on any atom is -0.395 e. The molecule has 0 spiro atoms.